The van der Waals surface area contributed by atoms with Gasteiger partial charge in [-0.2, -0.15) is 0 Å². The van der Waals surface area contributed by atoms with Crippen LogP contribution in [0.25, 0.3) is 0 Å². The molecule has 1 aliphatic carbocycles. The highest BCUT2D eigenvalue weighted by molar-refractivity contribution is 7.92. The maximum atomic E-state index is 11.8. The van der Waals surface area contributed by atoms with Crippen molar-refractivity contribution in [3.63, 3.8) is 0 Å². The summed E-state index contributed by atoms with van der Waals surface area (Å²) in [6, 6.07) is -0.916. The second kappa shape index (κ2) is 4.01. The molecule has 2 fully saturated rings. The second-order valence-corrected chi connectivity index (χ2v) is 7.26. The monoisotopic (exact) mass is 290 g/mol. The van der Waals surface area contributed by atoms with Crippen molar-refractivity contribution in [3.05, 3.63) is 0 Å². The number of sulfone groups is 1. The lowest BCUT2D eigenvalue weighted by molar-refractivity contribution is -0.139. The lowest BCUT2D eigenvalue weighted by Gasteiger charge is -2.26. The fourth-order valence-electron chi connectivity index (χ4n) is 2.77. The van der Waals surface area contributed by atoms with Gasteiger partial charge in [-0.05, 0) is 6.92 Å². The number of carbonyl (C=O) groups is 3. The predicted molar refractivity (Wildman–Crippen MR) is 62.8 cm³/mol. The number of nitrogens with one attached hydrogen (secondary N) is 1. The van der Waals surface area contributed by atoms with Crippen LogP contribution in [-0.2, 0) is 24.2 Å². The first kappa shape index (κ1) is 13.9. The number of fused-ring (bicyclic) bond motifs is 1. The number of hydrogen-bond acceptors (Lipinski definition) is 6. The highest BCUT2D eigenvalue weighted by atomic mass is 32.2. The van der Waals surface area contributed by atoms with Crippen LogP contribution in [0.5, 0.6) is 0 Å². The Hall–Kier alpha value is -1.48. The zero-order valence-corrected chi connectivity index (χ0v) is 10.9. The van der Waals surface area contributed by atoms with E-state index in [0.29, 0.717) is 6.29 Å². The molecule has 1 amide bonds. The number of carboxylic acid groups (broad SMARTS) is 1. The maximum Gasteiger partial charge on any atom is 0.308 e. The highest BCUT2D eigenvalue weighted by Gasteiger charge is 2.76. The van der Waals surface area contributed by atoms with Gasteiger partial charge in [0.05, 0.1) is 23.0 Å². The molecule has 0 aromatic heterocycles. The van der Waals surface area contributed by atoms with Crippen LogP contribution in [0.1, 0.15) is 6.92 Å². The number of hydrogen-bond donors (Lipinski definition) is 3. The van der Waals surface area contributed by atoms with Gasteiger partial charge in [-0.3, -0.25) is 9.59 Å². The molecular weight excluding hydrogens is 276 g/mol. The molecule has 0 bridgehead atoms. The van der Waals surface area contributed by atoms with Crippen molar-refractivity contribution in [2.45, 2.75) is 23.8 Å². The topological polar surface area (TPSA) is 144 Å². The zero-order chi connectivity index (χ0) is 14.6. The molecule has 1 aliphatic heterocycles. The quantitative estimate of drug-likeness (QED) is 0.486. The van der Waals surface area contributed by atoms with Crippen molar-refractivity contribution >= 4 is 28.0 Å². The van der Waals surface area contributed by atoms with Crippen molar-refractivity contribution in [3.8, 4) is 0 Å². The summed E-state index contributed by atoms with van der Waals surface area (Å²) in [7, 11) is -3.70. The van der Waals surface area contributed by atoms with Crippen molar-refractivity contribution in [1.82, 2.24) is 5.32 Å². The summed E-state index contributed by atoms with van der Waals surface area (Å²) in [5.74, 6) is -4.58. The van der Waals surface area contributed by atoms with Crippen LogP contribution in [0.15, 0.2) is 0 Å². The number of carbonyl (C=O) groups excluding carboxylic acids is 2. The van der Waals surface area contributed by atoms with E-state index in [1.54, 1.807) is 0 Å². The lowest BCUT2D eigenvalue weighted by Crippen LogP contribution is -2.58. The Balaban J connectivity index is 2.35. The average Bonchev–Trinajstić information content (AvgIpc) is 2.99. The van der Waals surface area contributed by atoms with Crippen LogP contribution in [0.4, 0.5) is 0 Å². The smallest absolute Gasteiger partial charge is 0.308 e. The Bertz CT molecular complexity index is 556. The van der Waals surface area contributed by atoms with Gasteiger partial charge in [-0.1, -0.05) is 0 Å². The molecule has 1 saturated carbocycles. The summed E-state index contributed by atoms with van der Waals surface area (Å²) in [6.45, 7) is 1.39. The molecule has 0 aromatic rings. The van der Waals surface area contributed by atoms with Crippen molar-refractivity contribution < 1.29 is 27.9 Å². The molecule has 1 saturated heterocycles. The van der Waals surface area contributed by atoms with Gasteiger partial charge in [0.15, 0.2) is 9.84 Å². The van der Waals surface area contributed by atoms with Crippen LogP contribution < -0.4 is 11.1 Å². The minimum atomic E-state index is -3.70. The van der Waals surface area contributed by atoms with E-state index in [0.717, 1.165) is 0 Å². The highest BCUT2D eigenvalue weighted by Crippen LogP contribution is 2.57. The largest absolute Gasteiger partial charge is 0.481 e. The molecule has 4 N–H and O–H groups in total. The fraction of sp³-hybridized carbons (Fsp3) is 0.700. The van der Waals surface area contributed by atoms with E-state index in [1.807, 2.05) is 0 Å². The van der Waals surface area contributed by atoms with Gasteiger partial charge < -0.3 is 21.0 Å². The van der Waals surface area contributed by atoms with E-state index < -0.39 is 56.1 Å². The number of nitrogens with two attached hydrogens (primary N) is 1. The third kappa shape index (κ3) is 1.93. The van der Waals surface area contributed by atoms with Gasteiger partial charge in [0.25, 0.3) is 0 Å². The molecule has 1 heterocycles. The minimum Gasteiger partial charge on any atom is -0.481 e. The minimum absolute atomic E-state index is 0.318. The van der Waals surface area contributed by atoms with E-state index in [9.17, 15) is 22.8 Å². The van der Waals surface area contributed by atoms with Crippen LogP contribution >= 0.6 is 0 Å². The van der Waals surface area contributed by atoms with Gasteiger partial charge in [0, 0.05) is 5.92 Å². The first-order valence-corrected chi connectivity index (χ1v) is 7.36. The van der Waals surface area contributed by atoms with Crippen molar-refractivity contribution in [2.75, 3.05) is 5.75 Å². The molecule has 19 heavy (non-hydrogen) atoms. The molecule has 106 valence electrons. The Morgan fingerprint density at radius 2 is 2.11 bits per heavy atom. The Labute approximate surface area is 109 Å². The summed E-state index contributed by atoms with van der Waals surface area (Å²) in [4.78, 5) is 33.8. The number of aliphatic carboxylic acids is 1. The summed E-state index contributed by atoms with van der Waals surface area (Å²) < 4.78 is 23.7. The second-order valence-electron chi connectivity index (χ2n) is 5.10. The van der Waals surface area contributed by atoms with Crippen LogP contribution in [0.3, 0.4) is 0 Å². The van der Waals surface area contributed by atoms with Crippen LogP contribution in [0, 0.1) is 11.8 Å². The molecule has 5 atom stereocenters. The Morgan fingerprint density at radius 1 is 1.53 bits per heavy atom. The van der Waals surface area contributed by atoms with E-state index in [1.165, 1.54) is 6.92 Å². The predicted octanol–water partition coefficient (Wildman–Crippen LogP) is -2.48. The number of carboxylic acids is 1. The van der Waals surface area contributed by atoms with E-state index >= 15 is 0 Å². The molecule has 2 rings (SSSR count). The van der Waals surface area contributed by atoms with Gasteiger partial charge in [0.1, 0.15) is 11.8 Å². The molecule has 8 nitrogen and oxygen atoms in total. The molecule has 0 spiro atoms. The summed E-state index contributed by atoms with van der Waals surface area (Å²) in [5, 5.41) is 10.1. The van der Waals surface area contributed by atoms with Crippen LogP contribution in [0.2, 0.25) is 0 Å². The number of amides is 1. The maximum absolute atomic E-state index is 11.8. The lowest BCUT2D eigenvalue weighted by atomic mass is 9.95. The molecule has 0 unspecified atom stereocenters. The standard InChI is InChI=1S/C10H14N2O6S/c1-4(11)8(14)12-10(2-13)3-19(17,18)7-5(6(7)10)9(15)16/h2,4-7H,3,11H2,1H3,(H,12,14)(H,15,16)/t4-,5+,6+,7-,10-/m0/s1. The molecule has 2 aliphatic rings. The van der Waals surface area contributed by atoms with Crippen LogP contribution in [-0.4, -0.2) is 54.3 Å². The molecular formula is C10H14N2O6S. The normalized spacial score (nSPS) is 40.0. The summed E-state index contributed by atoms with van der Waals surface area (Å²) in [6.07, 6.45) is 0.318. The van der Waals surface area contributed by atoms with E-state index in [2.05, 4.69) is 5.32 Å². The number of aldehydes is 1. The molecule has 0 aromatic carbocycles. The van der Waals surface area contributed by atoms with Gasteiger partial charge in [-0.25, -0.2) is 8.42 Å². The van der Waals surface area contributed by atoms with Gasteiger partial charge >= 0.3 is 5.97 Å². The first-order valence-electron chi connectivity index (χ1n) is 5.64. The number of rotatable bonds is 4. The van der Waals surface area contributed by atoms with Crippen molar-refractivity contribution in [1.29, 1.82) is 0 Å². The van der Waals surface area contributed by atoms with Gasteiger partial charge in [0.2, 0.25) is 5.91 Å². The Morgan fingerprint density at radius 3 is 2.47 bits per heavy atom. The Kier molecular flexibility index (Phi) is 2.94. The first-order chi connectivity index (χ1) is 8.66. The SMILES string of the molecule is C[C@H](N)C(=O)N[C@@]1(C=O)CS(=O)(=O)[C@H]2[C@H](C(=O)O)[C@H]21. The summed E-state index contributed by atoms with van der Waals surface area (Å²) >= 11 is 0. The fourth-order valence-corrected chi connectivity index (χ4v) is 5.46. The third-order valence-electron chi connectivity index (χ3n) is 3.67. The molecule has 9 heteroatoms. The van der Waals surface area contributed by atoms with E-state index in [-0.39, 0.29) is 0 Å². The third-order valence-corrected chi connectivity index (χ3v) is 5.96. The summed E-state index contributed by atoms with van der Waals surface area (Å²) in [5.41, 5.74) is 3.69. The molecule has 0 radical (unpaired) electrons. The van der Waals surface area contributed by atoms with Gasteiger partial charge in [-0.15, -0.1) is 0 Å². The van der Waals surface area contributed by atoms with E-state index in [4.69, 9.17) is 10.8 Å². The zero-order valence-electron chi connectivity index (χ0n) is 10.1. The van der Waals surface area contributed by atoms with Crippen molar-refractivity contribution in [2.24, 2.45) is 17.6 Å². The average molecular weight is 290 g/mol.